The third kappa shape index (κ3) is 8.30. The van der Waals surface area contributed by atoms with Crippen molar-refractivity contribution in [1.29, 1.82) is 0 Å². The first-order valence-corrected chi connectivity index (χ1v) is 10.3. The minimum Gasteiger partial charge on any atom is -0.402 e. The van der Waals surface area contributed by atoms with Gasteiger partial charge in [-0.2, -0.15) is 13.2 Å². The maximum absolute atomic E-state index is 13.0. The molecule has 1 aromatic rings. The second kappa shape index (κ2) is 13.0. The van der Waals surface area contributed by atoms with Crippen molar-refractivity contribution in [3.63, 3.8) is 0 Å². The zero-order chi connectivity index (χ0) is 22.6. The summed E-state index contributed by atoms with van der Waals surface area (Å²) in [6.45, 7) is 14.9. The number of rotatable bonds is 3. The van der Waals surface area contributed by atoms with E-state index in [9.17, 15) is 13.2 Å². The van der Waals surface area contributed by atoms with Crippen molar-refractivity contribution in [3.05, 3.63) is 70.5 Å². The molecule has 0 saturated heterocycles. The van der Waals surface area contributed by atoms with Gasteiger partial charge >= 0.3 is 6.18 Å². The molecule has 162 valence electrons. The molecule has 2 rings (SSSR count). The van der Waals surface area contributed by atoms with Crippen molar-refractivity contribution in [2.75, 3.05) is 13.1 Å². The van der Waals surface area contributed by atoms with Crippen LogP contribution in [0.4, 0.5) is 13.2 Å². The number of halogens is 3. The predicted octanol–water partition coefficient (Wildman–Crippen LogP) is 6.64. The van der Waals surface area contributed by atoms with Gasteiger partial charge < -0.3 is 5.73 Å². The highest BCUT2D eigenvalue weighted by Gasteiger charge is 2.31. The molecule has 1 aromatic carbocycles. The maximum Gasteiger partial charge on any atom is 0.416 e. The number of hydrogen-bond donors (Lipinski definition) is 1. The highest BCUT2D eigenvalue weighted by atomic mass is 19.4. The Hall–Kier alpha value is -2.30. The first-order chi connectivity index (χ1) is 13.7. The van der Waals surface area contributed by atoms with Gasteiger partial charge in [0.2, 0.25) is 5.71 Å². The number of nitrogens with two attached hydrogens (primary N) is 1. The van der Waals surface area contributed by atoms with Crippen LogP contribution in [0.25, 0.3) is 0 Å². The largest absolute Gasteiger partial charge is 0.416 e. The fourth-order valence-corrected chi connectivity index (χ4v) is 2.90. The van der Waals surface area contributed by atoms with Crippen LogP contribution < -0.4 is 5.73 Å². The average molecular weight is 410 g/mol. The molecule has 0 aromatic heterocycles. The molecule has 1 aliphatic rings. The minimum atomic E-state index is -4.33. The van der Waals surface area contributed by atoms with E-state index in [4.69, 9.17) is 5.73 Å². The van der Waals surface area contributed by atoms with Crippen LogP contribution in [0.5, 0.6) is 0 Å². The Balaban J connectivity index is 0.00000184. The van der Waals surface area contributed by atoms with Crippen LogP contribution >= 0.6 is 0 Å². The van der Waals surface area contributed by atoms with E-state index < -0.39 is 11.7 Å². The zero-order valence-electron chi connectivity index (χ0n) is 18.8. The van der Waals surface area contributed by atoms with Crippen LogP contribution in [0.3, 0.4) is 0 Å². The fourth-order valence-electron chi connectivity index (χ4n) is 2.90. The lowest BCUT2D eigenvalue weighted by atomic mass is 9.95. The molecule has 1 aliphatic heterocycles. The van der Waals surface area contributed by atoms with E-state index in [0.29, 0.717) is 12.1 Å². The van der Waals surface area contributed by atoms with Gasteiger partial charge in [0.05, 0.1) is 5.56 Å². The van der Waals surface area contributed by atoms with Crippen LogP contribution in [0.2, 0.25) is 0 Å². The smallest absolute Gasteiger partial charge is 0.402 e. The summed E-state index contributed by atoms with van der Waals surface area (Å²) in [7, 11) is 0. The highest BCUT2D eigenvalue weighted by Crippen LogP contribution is 2.31. The van der Waals surface area contributed by atoms with Crippen LogP contribution in [-0.2, 0) is 6.18 Å². The van der Waals surface area contributed by atoms with E-state index in [2.05, 4.69) is 10.7 Å². The van der Waals surface area contributed by atoms with Crippen molar-refractivity contribution < 1.29 is 17.7 Å². The first kappa shape index (κ1) is 26.7. The van der Waals surface area contributed by atoms with Crippen LogP contribution in [0, 0.1) is 6.92 Å². The molecule has 0 saturated carbocycles. The molecule has 5 heteroatoms. The molecule has 29 heavy (non-hydrogen) atoms. The van der Waals surface area contributed by atoms with E-state index in [1.807, 2.05) is 59.8 Å². The number of hydrogen-bond acceptors (Lipinski definition) is 1. The summed E-state index contributed by atoms with van der Waals surface area (Å²) in [6, 6.07) is 3.94. The van der Waals surface area contributed by atoms with Crippen LogP contribution in [0.15, 0.2) is 53.8 Å². The topological polar surface area (TPSA) is 29.0 Å². The average Bonchev–Trinajstić information content (AvgIpc) is 2.67. The predicted molar refractivity (Wildman–Crippen MR) is 118 cm³/mol. The van der Waals surface area contributed by atoms with E-state index in [1.54, 1.807) is 13.0 Å². The molecule has 1 heterocycles. The molecule has 0 aliphatic carbocycles. The molecule has 2 nitrogen and oxygen atoms in total. The van der Waals surface area contributed by atoms with Gasteiger partial charge in [0, 0.05) is 23.3 Å². The summed E-state index contributed by atoms with van der Waals surface area (Å²) in [4.78, 5) is 0. The lowest BCUT2D eigenvalue weighted by molar-refractivity contribution is -0.516. The Kier molecular flexibility index (Phi) is 12.0. The van der Waals surface area contributed by atoms with Gasteiger partial charge in [-0.15, -0.1) is 0 Å². The molecule has 2 N–H and O–H groups in total. The van der Waals surface area contributed by atoms with Crippen molar-refractivity contribution in [2.45, 2.75) is 61.1 Å². The van der Waals surface area contributed by atoms with Crippen molar-refractivity contribution in [3.8, 4) is 0 Å². The summed E-state index contributed by atoms with van der Waals surface area (Å²) in [5, 5.41) is 0. The molecule has 0 bridgehead atoms. The summed E-state index contributed by atoms with van der Waals surface area (Å²) >= 11 is 0. The molecule has 0 atom stereocenters. The zero-order valence-corrected chi connectivity index (χ0v) is 18.8. The normalized spacial score (nSPS) is 17.6. The second-order valence-electron chi connectivity index (χ2n) is 6.34. The fraction of sp³-hybridized carbons (Fsp3) is 0.458. The Morgan fingerprint density at radius 2 is 1.76 bits per heavy atom. The summed E-state index contributed by atoms with van der Waals surface area (Å²) in [6.07, 6.45) is 4.55. The number of benzene rings is 1. The summed E-state index contributed by atoms with van der Waals surface area (Å²) in [5.41, 5.74) is 9.27. The molecule has 0 spiro atoms. The van der Waals surface area contributed by atoms with Crippen LogP contribution in [-0.4, -0.2) is 23.4 Å². The summed E-state index contributed by atoms with van der Waals surface area (Å²) < 4.78 is 41.1. The molecule has 0 unspecified atom stereocenters. The monoisotopic (exact) mass is 409 g/mol. The Morgan fingerprint density at radius 1 is 1.14 bits per heavy atom. The number of alkyl halides is 3. The minimum absolute atomic E-state index is 0.612. The third-order valence-electron chi connectivity index (χ3n) is 4.18. The van der Waals surface area contributed by atoms with Gasteiger partial charge in [-0.05, 0) is 50.6 Å². The lowest BCUT2D eigenvalue weighted by Crippen LogP contribution is -2.26. The molecule has 0 amide bonds. The molecule has 0 radical (unpaired) electrons. The molecular weight excluding hydrogens is 373 g/mol. The SMILES string of the molecule is C/C(N)=C\C[N+]1=C(c2ccc(C(F)(F)F)cc2C)/C(C)=C/C=C\CC1.CC.CC. The molecule has 0 fully saturated rings. The van der Waals surface area contributed by atoms with Crippen molar-refractivity contribution in [2.24, 2.45) is 5.73 Å². The van der Waals surface area contributed by atoms with Crippen molar-refractivity contribution >= 4 is 5.71 Å². The van der Waals surface area contributed by atoms with E-state index in [0.717, 1.165) is 41.6 Å². The van der Waals surface area contributed by atoms with E-state index >= 15 is 0 Å². The quantitative estimate of drug-likeness (QED) is 0.557. The standard InChI is InChI=1S/C20H24F3N2.2C2H6/c1-14-7-5-4-6-11-25(12-10-16(3)24)19(14)18-9-8-17(13-15(18)2)20(21,22)23;2*1-2/h4-5,7-10,13H,6,11-12,24H2,1-3H3;2*1-2H3/q+1;;/b5-4-,14-7+,16-10+,25-19?;;. The van der Waals surface area contributed by atoms with Gasteiger partial charge in [0.1, 0.15) is 6.54 Å². The Bertz CT molecular complexity index is 763. The highest BCUT2D eigenvalue weighted by molar-refractivity contribution is 6.10. The summed E-state index contributed by atoms with van der Waals surface area (Å²) in [5.74, 6) is 0. The van der Waals surface area contributed by atoms with Gasteiger partial charge in [0.15, 0.2) is 6.54 Å². The number of nitrogens with zero attached hydrogens (tertiary/aromatic N) is 1. The van der Waals surface area contributed by atoms with Gasteiger partial charge in [0.25, 0.3) is 0 Å². The Morgan fingerprint density at radius 3 is 2.28 bits per heavy atom. The number of allylic oxidation sites excluding steroid dienone is 4. The van der Waals surface area contributed by atoms with Crippen LogP contribution in [0.1, 0.15) is 64.7 Å². The third-order valence-corrected chi connectivity index (χ3v) is 4.18. The second-order valence-corrected chi connectivity index (χ2v) is 6.34. The maximum atomic E-state index is 13.0. The molecular formula is C24H36F3N2+. The van der Waals surface area contributed by atoms with Gasteiger partial charge in [-0.3, -0.25) is 0 Å². The number of aryl methyl sites for hydroxylation is 1. The Labute approximate surface area is 174 Å². The van der Waals surface area contributed by atoms with E-state index in [1.165, 1.54) is 6.07 Å². The van der Waals surface area contributed by atoms with E-state index in [-0.39, 0.29) is 0 Å². The van der Waals surface area contributed by atoms with Gasteiger partial charge in [-0.25, -0.2) is 4.58 Å². The van der Waals surface area contributed by atoms with Gasteiger partial charge in [-0.1, -0.05) is 45.9 Å². The lowest BCUT2D eigenvalue weighted by Gasteiger charge is -2.15. The first-order valence-electron chi connectivity index (χ1n) is 10.3. The van der Waals surface area contributed by atoms with Crippen molar-refractivity contribution in [1.82, 2.24) is 0 Å².